The number of carbonyl (C=O) groups excluding carboxylic acids is 2. The highest BCUT2D eigenvalue weighted by Crippen LogP contribution is 2.35. The van der Waals surface area contributed by atoms with Crippen molar-refractivity contribution in [1.82, 2.24) is 0 Å². The van der Waals surface area contributed by atoms with Gasteiger partial charge in [-0.05, 0) is 63.6 Å². The zero-order valence-corrected chi connectivity index (χ0v) is 17.2. The molecule has 29 heavy (non-hydrogen) atoms. The Hall–Kier alpha value is -3.34. The predicted octanol–water partition coefficient (Wildman–Crippen LogP) is 4.66. The SMILES string of the molecule is CCOC(=O)C1=C(C)N(c2ccc(C)cc2)C(=O)/C1=C/c1ccc(OCC)cc1. The molecule has 5 heteroatoms. The van der Waals surface area contributed by atoms with E-state index in [1.165, 1.54) is 0 Å². The lowest BCUT2D eigenvalue weighted by atomic mass is 10.0. The lowest BCUT2D eigenvalue weighted by Crippen LogP contribution is -2.24. The van der Waals surface area contributed by atoms with Crippen LogP contribution in [-0.2, 0) is 14.3 Å². The lowest BCUT2D eigenvalue weighted by molar-refractivity contribution is -0.138. The Bertz CT molecular complexity index is 969. The van der Waals surface area contributed by atoms with Gasteiger partial charge in [0.2, 0.25) is 0 Å². The topological polar surface area (TPSA) is 55.8 Å². The van der Waals surface area contributed by atoms with Crippen LogP contribution in [-0.4, -0.2) is 25.1 Å². The first-order chi connectivity index (χ1) is 14.0. The van der Waals surface area contributed by atoms with E-state index in [1.54, 1.807) is 24.8 Å². The Labute approximate surface area is 171 Å². The molecule has 0 radical (unpaired) electrons. The number of allylic oxidation sites excluding steroid dienone is 1. The van der Waals surface area contributed by atoms with Gasteiger partial charge in [0.1, 0.15) is 5.75 Å². The van der Waals surface area contributed by atoms with E-state index in [-0.39, 0.29) is 12.5 Å². The number of hydrogen-bond donors (Lipinski definition) is 0. The van der Waals surface area contributed by atoms with Gasteiger partial charge in [0.05, 0.1) is 24.4 Å². The fraction of sp³-hybridized carbons (Fsp3) is 0.250. The Morgan fingerprint density at radius 3 is 2.21 bits per heavy atom. The lowest BCUT2D eigenvalue weighted by Gasteiger charge is -2.18. The van der Waals surface area contributed by atoms with E-state index >= 15 is 0 Å². The summed E-state index contributed by atoms with van der Waals surface area (Å²) in [5, 5.41) is 0. The number of esters is 1. The van der Waals surface area contributed by atoms with Gasteiger partial charge in [0, 0.05) is 11.4 Å². The quantitative estimate of drug-likeness (QED) is 0.531. The zero-order chi connectivity index (χ0) is 21.0. The molecule has 1 aliphatic rings. The monoisotopic (exact) mass is 391 g/mol. The van der Waals surface area contributed by atoms with Gasteiger partial charge in [0.15, 0.2) is 0 Å². The first-order valence-electron chi connectivity index (χ1n) is 9.70. The van der Waals surface area contributed by atoms with Crippen LogP contribution in [0.1, 0.15) is 31.9 Å². The zero-order valence-electron chi connectivity index (χ0n) is 17.2. The van der Waals surface area contributed by atoms with Gasteiger partial charge in [0.25, 0.3) is 5.91 Å². The molecule has 0 unspecified atom stereocenters. The number of nitrogens with zero attached hydrogens (tertiary/aromatic N) is 1. The Morgan fingerprint density at radius 1 is 0.966 bits per heavy atom. The molecule has 150 valence electrons. The molecule has 1 amide bonds. The highest BCUT2D eigenvalue weighted by atomic mass is 16.5. The standard InChI is InChI=1S/C24H25NO4/c1-5-28-20-13-9-18(10-14-20)15-21-22(24(27)29-6-2)17(4)25(23(21)26)19-11-7-16(3)8-12-19/h7-15H,5-6H2,1-4H3/b21-15+. The van der Waals surface area contributed by atoms with Gasteiger partial charge >= 0.3 is 5.97 Å². The summed E-state index contributed by atoms with van der Waals surface area (Å²) >= 11 is 0. The summed E-state index contributed by atoms with van der Waals surface area (Å²) in [6, 6.07) is 15.0. The second-order valence-corrected chi connectivity index (χ2v) is 6.72. The second-order valence-electron chi connectivity index (χ2n) is 6.72. The van der Waals surface area contributed by atoms with Crippen LogP contribution in [0.4, 0.5) is 5.69 Å². The van der Waals surface area contributed by atoms with Crippen LogP contribution < -0.4 is 9.64 Å². The number of benzene rings is 2. The van der Waals surface area contributed by atoms with Gasteiger partial charge in [-0.3, -0.25) is 9.69 Å². The number of amides is 1. The highest BCUT2D eigenvalue weighted by molar-refractivity contribution is 6.23. The third kappa shape index (κ3) is 4.24. The van der Waals surface area contributed by atoms with E-state index in [0.717, 1.165) is 22.6 Å². The molecule has 0 bridgehead atoms. The molecule has 0 fully saturated rings. The van der Waals surface area contributed by atoms with Crippen LogP contribution in [0, 0.1) is 6.92 Å². The third-order valence-corrected chi connectivity index (χ3v) is 4.67. The molecule has 2 aromatic rings. The van der Waals surface area contributed by atoms with Crippen LogP contribution in [0.5, 0.6) is 5.75 Å². The van der Waals surface area contributed by atoms with Gasteiger partial charge in [-0.1, -0.05) is 29.8 Å². The highest BCUT2D eigenvalue weighted by Gasteiger charge is 2.38. The molecular weight excluding hydrogens is 366 g/mol. The van der Waals surface area contributed by atoms with E-state index < -0.39 is 5.97 Å². The van der Waals surface area contributed by atoms with E-state index in [1.807, 2.05) is 62.4 Å². The molecule has 1 heterocycles. The van der Waals surface area contributed by atoms with Crippen molar-refractivity contribution in [3.05, 3.63) is 76.5 Å². The van der Waals surface area contributed by atoms with E-state index in [0.29, 0.717) is 23.5 Å². The maximum absolute atomic E-state index is 13.3. The Morgan fingerprint density at radius 2 is 1.62 bits per heavy atom. The second kappa shape index (κ2) is 8.78. The summed E-state index contributed by atoms with van der Waals surface area (Å²) < 4.78 is 10.7. The smallest absolute Gasteiger partial charge is 0.340 e. The third-order valence-electron chi connectivity index (χ3n) is 4.67. The van der Waals surface area contributed by atoms with Crippen molar-refractivity contribution >= 4 is 23.6 Å². The molecule has 0 aromatic heterocycles. The average molecular weight is 391 g/mol. The Kier molecular flexibility index (Phi) is 6.17. The minimum atomic E-state index is -0.495. The molecular formula is C24H25NO4. The molecule has 0 spiro atoms. The van der Waals surface area contributed by atoms with Gasteiger partial charge < -0.3 is 9.47 Å². The van der Waals surface area contributed by atoms with E-state index in [9.17, 15) is 9.59 Å². The number of aryl methyl sites for hydroxylation is 1. The van der Waals surface area contributed by atoms with E-state index in [2.05, 4.69) is 0 Å². The molecule has 3 rings (SSSR count). The van der Waals surface area contributed by atoms with Crippen molar-refractivity contribution in [3.8, 4) is 5.75 Å². The maximum atomic E-state index is 13.3. The molecule has 0 atom stereocenters. The van der Waals surface area contributed by atoms with Crippen LogP contribution in [0.25, 0.3) is 6.08 Å². The number of anilines is 1. The van der Waals surface area contributed by atoms with Crippen LogP contribution in [0.15, 0.2) is 65.4 Å². The van der Waals surface area contributed by atoms with Crippen molar-refractivity contribution in [1.29, 1.82) is 0 Å². The Balaban J connectivity index is 2.05. The average Bonchev–Trinajstić information content (AvgIpc) is 2.94. The fourth-order valence-electron chi connectivity index (χ4n) is 3.28. The summed E-state index contributed by atoms with van der Waals surface area (Å²) in [5.41, 5.74) is 3.80. The minimum Gasteiger partial charge on any atom is -0.494 e. The maximum Gasteiger partial charge on any atom is 0.340 e. The molecule has 0 saturated heterocycles. The number of carbonyl (C=O) groups is 2. The van der Waals surface area contributed by atoms with Gasteiger partial charge in [-0.15, -0.1) is 0 Å². The minimum absolute atomic E-state index is 0.241. The first kappa shape index (κ1) is 20.4. The number of hydrogen-bond acceptors (Lipinski definition) is 4. The normalized spacial score (nSPS) is 15.2. The predicted molar refractivity (Wildman–Crippen MR) is 114 cm³/mol. The van der Waals surface area contributed by atoms with Crippen LogP contribution in [0.2, 0.25) is 0 Å². The van der Waals surface area contributed by atoms with Crippen LogP contribution >= 0.6 is 0 Å². The summed E-state index contributed by atoms with van der Waals surface area (Å²) in [4.78, 5) is 27.5. The molecule has 0 saturated carbocycles. The fourth-order valence-corrected chi connectivity index (χ4v) is 3.28. The van der Waals surface area contributed by atoms with Crippen molar-refractivity contribution in [3.63, 3.8) is 0 Å². The molecule has 2 aromatic carbocycles. The number of rotatable bonds is 6. The van der Waals surface area contributed by atoms with Gasteiger partial charge in [-0.2, -0.15) is 0 Å². The van der Waals surface area contributed by atoms with Crippen molar-refractivity contribution in [2.45, 2.75) is 27.7 Å². The van der Waals surface area contributed by atoms with Crippen LogP contribution in [0.3, 0.4) is 0 Å². The summed E-state index contributed by atoms with van der Waals surface area (Å²) in [6.07, 6.45) is 1.72. The summed E-state index contributed by atoms with van der Waals surface area (Å²) in [7, 11) is 0. The van der Waals surface area contributed by atoms with Crippen molar-refractivity contribution in [2.24, 2.45) is 0 Å². The summed E-state index contributed by atoms with van der Waals surface area (Å²) in [6.45, 7) is 8.25. The van der Waals surface area contributed by atoms with Gasteiger partial charge in [-0.25, -0.2) is 4.79 Å². The molecule has 1 aliphatic heterocycles. The van der Waals surface area contributed by atoms with Crippen molar-refractivity contribution in [2.75, 3.05) is 18.1 Å². The molecule has 0 N–H and O–H groups in total. The first-order valence-corrected chi connectivity index (χ1v) is 9.70. The number of ether oxygens (including phenoxy) is 2. The molecule has 0 aliphatic carbocycles. The summed E-state index contributed by atoms with van der Waals surface area (Å²) in [5.74, 6) is 0.0134. The van der Waals surface area contributed by atoms with E-state index in [4.69, 9.17) is 9.47 Å². The largest absolute Gasteiger partial charge is 0.494 e. The van der Waals surface area contributed by atoms with Crippen molar-refractivity contribution < 1.29 is 19.1 Å². The molecule has 5 nitrogen and oxygen atoms in total.